The van der Waals surface area contributed by atoms with Gasteiger partial charge >= 0.3 is 0 Å². The number of hydrogen-bond donors (Lipinski definition) is 1. The zero-order valence-electron chi connectivity index (χ0n) is 10.6. The molecule has 3 heteroatoms. The Bertz CT molecular complexity index is 549. The molecule has 0 saturated carbocycles. The normalized spacial score (nSPS) is 12.1. The average molecular weight is 256 g/mol. The molecule has 0 aliphatic carbocycles. The number of hydrogen-bond acceptors (Lipinski definition) is 3. The summed E-state index contributed by atoms with van der Waals surface area (Å²) in [5.41, 5.74) is 3.26. The Labute approximate surface area is 112 Å². The summed E-state index contributed by atoms with van der Waals surface area (Å²) < 4.78 is 0. The Kier molecular flexibility index (Phi) is 4.14. The first kappa shape index (κ1) is 12.8. The largest absolute Gasteiger partial charge is 0.305 e. The lowest BCUT2D eigenvalue weighted by Gasteiger charge is -2.13. The minimum Gasteiger partial charge on any atom is -0.305 e. The number of thiophene rings is 1. The van der Waals surface area contributed by atoms with Gasteiger partial charge in [0, 0.05) is 17.5 Å². The fourth-order valence-electron chi connectivity index (χ4n) is 1.89. The second kappa shape index (κ2) is 5.81. The van der Waals surface area contributed by atoms with E-state index in [4.69, 9.17) is 5.26 Å². The molecule has 0 bridgehead atoms. The maximum Gasteiger partial charge on any atom is 0.0991 e. The minimum atomic E-state index is 0.362. The van der Waals surface area contributed by atoms with Crippen LogP contribution < -0.4 is 5.32 Å². The Hall–Kier alpha value is -1.63. The molecule has 0 amide bonds. The molecule has 1 atom stereocenters. The third kappa shape index (κ3) is 2.98. The van der Waals surface area contributed by atoms with E-state index < -0.39 is 0 Å². The van der Waals surface area contributed by atoms with Crippen LogP contribution in [0, 0.1) is 18.3 Å². The van der Waals surface area contributed by atoms with Crippen LogP contribution in [0.15, 0.2) is 35.7 Å². The van der Waals surface area contributed by atoms with Gasteiger partial charge in [-0.25, -0.2) is 0 Å². The summed E-state index contributed by atoms with van der Waals surface area (Å²) in [6.07, 6.45) is 0. The zero-order chi connectivity index (χ0) is 13.0. The van der Waals surface area contributed by atoms with Crippen LogP contribution in [0.2, 0.25) is 0 Å². The monoisotopic (exact) mass is 256 g/mol. The van der Waals surface area contributed by atoms with Gasteiger partial charge in [0.2, 0.25) is 0 Å². The molecule has 18 heavy (non-hydrogen) atoms. The highest BCUT2D eigenvalue weighted by Crippen LogP contribution is 2.23. The topological polar surface area (TPSA) is 35.8 Å². The number of aryl methyl sites for hydroxylation is 1. The molecule has 2 aromatic rings. The SMILES string of the molecule is Cc1ccsc1C(C)NCc1ccc(C#N)cc1. The van der Waals surface area contributed by atoms with Crippen LogP contribution >= 0.6 is 11.3 Å². The third-order valence-corrected chi connectivity index (χ3v) is 4.19. The van der Waals surface area contributed by atoms with Crippen molar-refractivity contribution < 1.29 is 0 Å². The van der Waals surface area contributed by atoms with Crippen LogP contribution in [0.4, 0.5) is 0 Å². The fourth-order valence-corrected chi connectivity index (χ4v) is 2.85. The minimum absolute atomic E-state index is 0.362. The van der Waals surface area contributed by atoms with E-state index in [9.17, 15) is 0 Å². The molecular formula is C15H16N2S. The second-order valence-corrected chi connectivity index (χ2v) is 5.33. The van der Waals surface area contributed by atoms with Gasteiger partial charge in [0.05, 0.1) is 11.6 Å². The van der Waals surface area contributed by atoms with Crippen LogP contribution in [-0.2, 0) is 6.54 Å². The summed E-state index contributed by atoms with van der Waals surface area (Å²) in [7, 11) is 0. The zero-order valence-corrected chi connectivity index (χ0v) is 11.4. The van der Waals surface area contributed by atoms with Gasteiger partial charge in [0.25, 0.3) is 0 Å². The van der Waals surface area contributed by atoms with Crippen LogP contribution in [0.25, 0.3) is 0 Å². The molecule has 1 heterocycles. The van der Waals surface area contributed by atoms with E-state index in [1.54, 1.807) is 11.3 Å². The number of nitriles is 1. The van der Waals surface area contributed by atoms with Crippen molar-refractivity contribution in [3.63, 3.8) is 0 Å². The van der Waals surface area contributed by atoms with Crippen molar-refractivity contribution in [2.75, 3.05) is 0 Å². The summed E-state index contributed by atoms with van der Waals surface area (Å²) in [6.45, 7) is 5.15. The van der Waals surface area contributed by atoms with Gasteiger partial charge in [0.15, 0.2) is 0 Å². The van der Waals surface area contributed by atoms with Crippen molar-refractivity contribution in [1.29, 1.82) is 5.26 Å². The first-order valence-electron chi connectivity index (χ1n) is 5.97. The lowest BCUT2D eigenvalue weighted by atomic mass is 10.1. The molecule has 0 saturated heterocycles. The number of benzene rings is 1. The highest BCUT2D eigenvalue weighted by molar-refractivity contribution is 7.10. The van der Waals surface area contributed by atoms with Gasteiger partial charge < -0.3 is 5.32 Å². The van der Waals surface area contributed by atoms with E-state index >= 15 is 0 Å². The van der Waals surface area contributed by atoms with E-state index in [0.29, 0.717) is 11.6 Å². The first-order chi connectivity index (χ1) is 8.70. The summed E-state index contributed by atoms with van der Waals surface area (Å²) in [5.74, 6) is 0. The van der Waals surface area contributed by atoms with Gasteiger partial charge in [-0.1, -0.05) is 12.1 Å². The maximum absolute atomic E-state index is 8.74. The van der Waals surface area contributed by atoms with E-state index in [2.05, 4.69) is 36.7 Å². The van der Waals surface area contributed by atoms with Crippen LogP contribution in [-0.4, -0.2) is 0 Å². The van der Waals surface area contributed by atoms with E-state index in [1.165, 1.54) is 16.0 Å². The summed E-state index contributed by atoms with van der Waals surface area (Å²) in [6, 6.07) is 12.4. The molecule has 0 radical (unpaired) electrons. The van der Waals surface area contributed by atoms with E-state index in [1.807, 2.05) is 24.3 Å². The third-order valence-electron chi connectivity index (χ3n) is 2.99. The van der Waals surface area contributed by atoms with Crippen molar-refractivity contribution in [1.82, 2.24) is 5.32 Å². The van der Waals surface area contributed by atoms with Gasteiger partial charge in [-0.2, -0.15) is 5.26 Å². The average Bonchev–Trinajstić information content (AvgIpc) is 2.83. The second-order valence-electron chi connectivity index (χ2n) is 4.38. The molecule has 0 aliphatic rings. The Morgan fingerprint density at radius 3 is 2.56 bits per heavy atom. The molecule has 0 fully saturated rings. The van der Waals surface area contributed by atoms with Gasteiger partial charge in [-0.15, -0.1) is 11.3 Å². The highest BCUT2D eigenvalue weighted by atomic mass is 32.1. The Morgan fingerprint density at radius 1 is 1.28 bits per heavy atom. The van der Waals surface area contributed by atoms with Crippen LogP contribution in [0.3, 0.4) is 0 Å². The lowest BCUT2D eigenvalue weighted by molar-refractivity contribution is 0.581. The predicted octanol–water partition coefficient (Wildman–Crippen LogP) is 3.78. The Morgan fingerprint density at radius 2 is 2.00 bits per heavy atom. The van der Waals surface area contributed by atoms with Crippen LogP contribution in [0.1, 0.15) is 34.5 Å². The highest BCUT2D eigenvalue weighted by Gasteiger charge is 2.08. The number of nitrogens with zero attached hydrogens (tertiary/aromatic N) is 1. The smallest absolute Gasteiger partial charge is 0.0991 e. The molecule has 1 N–H and O–H groups in total. The molecule has 1 aromatic heterocycles. The molecule has 1 unspecified atom stereocenters. The van der Waals surface area contributed by atoms with E-state index in [-0.39, 0.29) is 0 Å². The predicted molar refractivity (Wildman–Crippen MR) is 75.5 cm³/mol. The molecule has 0 aliphatic heterocycles. The molecule has 0 spiro atoms. The lowest BCUT2D eigenvalue weighted by Crippen LogP contribution is -2.17. The molecule has 2 rings (SSSR count). The van der Waals surface area contributed by atoms with Crippen LogP contribution in [0.5, 0.6) is 0 Å². The standard InChI is InChI=1S/C15H16N2S/c1-11-7-8-18-15(11)12(2)17-10-14-5-3-13(9-16)4-6-14/h3-8,12,17H,10H2,1-2H3. The molecule has 1 aromatic carbocycles. The van der Waals surface area contributed by atoms with Crippen molar-refractivity contribution in [2.45, 2.75) is 26.4 Å². The van der Waals surface area contributed by atoms with Crippen molar-refractivity contribution >= 4 is 11.3 Å². The van der Waals surface area contributed by atoms with Gasteiger partial charge in [-0.05, 0) is 48.6 Å². The van der Waals surface area contributed by atoms with Crippen molar-refractivity contribution in [3.05, 3.63) is 57.3 Å². The molecular weight excluding hydrogens is 240 g/mol. The summed E-state index contributed by atoms with van der Waals surface area (Å²) in [4.78, 5) is 1.39. The maximum atomic E-state index is 8.74. The Balaban J connectivity index is 1.95. The van der Waals surface area contributed by atoms with Gasteiger partial charge in [-0.3, -0.25) is 0 Å². The fraction of sp³-hybridized carbons (Fsp3) is 0.267. The number of rotatable bonds is 4. The van der Waals surface area contributed by atoms with E-state index in [0.717, 1.165) is 6.54 Å². The summed E-state index contributed by atoms with van der Waals surface area (Å²) >= 11 is 1.79. The summed E-state index contributed by atoms with van der Waals surface area (Å²) in [5, 5.41) is 14.4. The number of nitrogens with one attached hydrogen (secondary N) is 1. The molecule has 92 valence electrons. The van der Waals surface area contributed by atoms with Gasteiger partial charge in [0.1, 0.15) is 0 Å². The van der Waals surface area contributed by atoms with Crippen molar-refractivity contribution in [2.24, 2.45) is 0 Å². The quantitative estimate of drug-likeness (QED) is 0.903. The van der Waals surface area contributed by atoms with Crippen molar-refractivity contribution in [3.8, 4) is 6.07 Å². The molecule has 2 nitrogen and oxygen atoms in total. The first-order valence-corrected chi connectivity index (χ1v) is 6.85.